The van der Waals surface area contributed by atoms with E-state index < -0.39 is 0 Å². The summed E-state index contributed by atoms with van der Waals surface area (Å²) in [5.41, 5.74) is 0.604. The van der Waals surface area contributed by atoms with E-state index >= 15 is 0 Å². The molecule has 0 radical (unpaired) electrons. The summed E-state index contributed by atoms with van der Waals surface area (Å²) in [6.07, 6.45) is 3.21. The molecule has 1 atom stereocenters. The highest BCUT2D eigenvalue weighted by molar-refractivity contribution is 5.94. The number of carbonyl (C=O) groups excluding carboxylic acids is 1. The van der Waals surface area contributed by atoms with Crippen molar-refractivity contribution in [3.63, 3.8) is 0 Å². The summed E-state index contributed by atoms with van der Waals surface area (Å²) in [6.45, 7) is 7.83. The minimum absolute atomic E-state index is 0. The van der Waals surface area contributed by atoms with Crippen LogP contribution in [0.2, 0.25) is 0 Å². The first-order valence-corrected chi connectivity index (χ1v) is 8.90. The van der Waals surface area contributed by atoms with Crippen LogP contribution in [-0.2, 0) is 0 Å². The number of amides is 1. The van der Waals surface area contributed by atoms with Crippen molar-refractivity contribution in [2.75, 3.05) is 33.4 Å². The molecule has 1 aliphatic rings. The Bertz CT molecular complexity index is 531. The lowest BCUT2D eigenvalue weighted by Gasteiger charge is -2.13. The molecule has 2 N–H and O–H groups in total. The Morgan fingerprint density at radius 2 is 2.16 bits per heavy atom. The number of ether oxygens (including phenoxy) is 2. The molecular formula is C19H31ClN2O3. The van der Waals surface area contributed by atoms with Gasteiger partial charge in [0, 0.05) is 12.1 Å². The van der Waals surface area contributed by atoms with Crippen LogP contribution in [0.5, 0.6) is 11.5 Å². The second kappa shape index (κ2) is 11.2. The maximum absolute atomic E-state index is 12.3. The van der Waals surface area contributed by atoms with Gasteiger partial charge >= 0.3 is 0 Å². The molecule has 0 bridgehead atoms. The van der Waals surface area contributed by atoms with Gasteiger partial charge in [-0.15, -0.1) is 12.4 Å². The zero-order valence-electron chi connectivity index (χ0n) is 15.5. The number of hydrogen-bond acceptors (Lipinski definition) is 4. The molecule has 142 valence electrons. The van der Waals surface area contributed by atoms with E-state index in [9.17, 15) is 4.79 Å². The number of rotatable bonds is 9. The fraction of sp³-hybridized carbons (Fsp3) is 0.632. The average molecular weight is 371 g/mol. The molecule has 1 aromatic carbocycles. The van der Waals surface area contributed by atoms with Gasteiger partial charge in [-0.05, 0) is 62.4 Å². The molecule has 1 aliphatic heterocycles. The highest BCUT2D eigenvalue weighted by atomic mass is 35.5. The van der Waals surface area contributed by atoms with Gasteiger partial charge in [0.25, 0.3) is 5.91 Å². The number of hydrogen-bond donors (Lipinski definition) is 2. The summed E-state index contributed by atoms with van der Waals surface area (Å²) in [7, 11) is 1.60. The van der Waals surface area contributed by atoms with Crippen molar-refractivity contribution < 1.29 is 14.3 Å². The van der Waals surface area contributed by atoms with Crippen LogP contribution in [0.1, 0.15) is 43.5 Å². The third-order valence-corrected chi connectivity index (χ3v) is 4.38. The average Bonchev–Trinajstić information content (AvgIpc) is 3.08. The van der Waals surface area contributed by atoms with E-state index in [1.54, 1.807) is 19.2 Å². The maximum Gasteiger partial charge on any atom is 0.251 e. The predicted molar refractivity (Wildman–Crippen MR) is 103 cm³/mol. The molecule has 6 heteroatoms. The summed E-state index contributed by atoms with van der Waals surface area (Å²) >= 11 is 0. The Morgan fingerprint density at radius 3 is 2.80 bits per heavy atom. The Hall–Kier alpha value is -1.46. The van der Waals surface area contributed by atoms with Gasteiger partial charge < -0.3 is 20.1 Å². The van der Waals surface area contributed by atoms with E-state index in [1.807, 2.05) is 6.07 Å². The summed E-state index contributed by atoms with van der Waals surface area (Å²) < 4.78 is 11.1. The second-order valence-electron chi connectivity index (χ2n) is 6.80. The van der Waals surface area contributed by atoms with Crippen LogP contribution < -0.4 is 20.1 Å². The SMILES string of the molecule is COc1cc(C(=O)NCCC2CCNC2)ccc1OCCC(C)C.Cl. The van der Waals surface area contributed by atoms with Crippen LogP contribution in [0.3, 0.4) is 0 Å². The van der Waals surface area contributed by atoms with Gasteiger partial charge in [-0.2, -0.15) is 0 Å². The Kier molecular flexibility index (Phi) is 9.68. The Labute approximate surface area is 157 Å². The zero-order valence-corrected chi connectivity index (χ0v) is 16.3. The molecule has 2 rings (SSSR count). The Balaban J connectivity index is 0.00000312. The minimum atomic E-state index is -0.0620. The standard InChI is InChI=1S/C19H30N2O3.ClH/c1-14(2)8-11-24-17-5-4-16(12-18(17)23-3)19(22)21-10-7-15-6-9-20-13-15;/h4-5,12,14-15,20H,6-11,13H2,1-3H3,(H,21,22);1H. The lowest BCUT2D eigenvalue weighted by atomic mass is 10.1. The van der Waals surface area contributed by atoms with Gasteiger partial charge in [0.1, 0.15) is 0 Å². The van der Waals surface area contributed by atoms with E-state index in [1.165, 1.54) is 6.42 Å². The maximum atomic E-state index is 12.3. The topological polar surface area (TPSA) is 59.6 Å². The molecular weight excluding hydrogens is 340 g/mol. The smallest absolute Gasteiger partial charge is 0.251 e. The second-order valence-corrected chi connectivity index (χ2v) is 6.80. The number of halogens is 1. The van der Waals surface area contributed by atoms with Crippen molar-refractivity contribution in [2.24, 2.45) is 11.8 Å². The van der Waals surface area contributed by atoms with Gasteiger partial charge in [-0.1, -0.05) is 13.8 Å². The van der Waals surface area contributed by atoms with Crippen LogP contribution in [0, 0.1) is 11.8 Å². The molecule has 0 spiro atoms. The van der Waals surface area contributed by atoms with Gasteiger partial charge in [0.2, 0.25) is 0 Å². The summed E-state index contributed by atoms with van der Waals surface area (Å²) in [5.74, 6) is 2.50. The Morgan fingerprint density at radius 1 is 1.36 bits per heavy atom. The van der Waals surface area contributed by atoms with Gasteiger partial charge in [-0.25, -0.2) is 0 Å². The van der Waals surface area contributed by atoms with Crippen LogP contribution in [0.4, 0.5) is 0 Å². The molecule has 1 fully saturated rings. The number of carbonyl (C=O) groups is 1. The molecule has 1 unspecified atom stereocenters. The molecule has 0 aliphatic carbocycles. The van der Waals surface area contributed by atoms with Gasteiger partial charge in [0.05, 0.1) is 13.7 Å². The third kappa shape index (κ3) is 7.12. The first-order chi connectivity index (χ1) is 11.6. The van der Waals surface area contributed by atoms with Crippen molar-refractivity contribution >= 4 is 18.3 Å². The first kappa shape index (κ1) is 21.6. The molecule has 1 aromatic rings. The van der Waals surface area contributed by atoms with Crippen LogP contribution >= 0.6 is 12.4 Å². The summed E-state index contributed by atoms with van der Waals surface area (Å²) in [5, 5.41) is 6.34. The zero-order chi connectivity index (χ0) is 17.4. The van der Waals surface area contributed by atoms with Crippen molar-refractivity contribution in [1.82, 2.24) is 10.6 Å². The molecule has 1 amide bonds. The van der Waals surface area contributed by atoms with Gasteiger partial charge in [-0.3, -0.25) is 4.79 Å². The molecule has 0 aromatic heterocycles. The van der Waals surface area contributed by atoms with Crippen LogP contribution in [0.15, 0.2) is 18.2 Å². The third-order valence-electron chi connectivity index (χ3n) is 4.38. The molecule has 5 nitrogen and oxygen atoms in total. The lowest BCUT2D eigenvalue weighted by molar-refractivity contribution is 0.0951. The molecule has 1 heterocycles. The monoisotopic (exact) mass is 370 g/mol. The quantitative estimate of drug-likeness (QED) is 0.700. The largest absolute Gasteiger partial charge is 0.493 e. The van der Waals surface area contributed by atoms with Gasteiger partial charge in [0.15, 0.2) is 11.5 Å². The normalized spacial score (nSPS) is 16.4. The van der Waals surface area contributed by atoms with Crippen molar-refractivity contribution in [3.8, 4) is 11.5 Å². The molecule has 1 saturated heterocycles. The van der Waals surface area contributed by atoms with Crippen molar-refractivity contribution in [1.29, 1.82) is 0 Å². The first-order valence-electron chi connectivity index (χ1n) is 8.90. The molecule has 25 heavy (non-hydrogen) atoms. The fourth-order valence-corrected chi connectivity index (χ4v) is 2.79. The van der Waals surface area contributed by atoms with E-state index in [2.05, 4.69) is 24.5 Å². The highest BCUT2D eigenvalue weighted by Crippen LogP contribution is 2.28. The molecule has 0 saturated carbocycles. The van der Waals surface area contributed by atoms with Crippen LogP contribution in [0.25, 0.3) is 0 Å². The van der Waals surface area contributed by atoms with Crippen molar-refractivity contribution in [3.05, 3.63) is 23.8 Å². The fourth-order valence-electron chi connectivity index (χ4n) is 2.79. The van der Waals surface area contributed by atoms with Crippen LogP contribution in [-0.4, -0.2) is 39.3 Å². The summed E-state index contributed by atoms with van der Waals surface area (Å²) in [4.78, 5) is 12.3. The van der Waals surface area contributed by atoms with E-state index in [0.29, 0.717) is 42.0 Å². The highest BCUT2D eigenvalue weighted by Gasteiger charge is 2.15. The van der Waals surface area contributed by atoms with Crippen molar-refractivity contribution in [2.45, 2.75) is 33.1 Å². The number of methoxy groups -OCH3 is 1. The lowest BCUT2D eigenvalue weighted by Crippen LogP contribution is -2.26. The van der Waals surface area contributed by atoms with E-state index in [-0.39, 0.29) is 18.3 Å². The van der Waals surface area contributed by atoms with E-state index in [4.69, 9.17) is 9.47 Å². The number of benzene rings is 1. The summed E-state index contributed by atoms with van der Waals surface area (Å²) in [6, 6.07) is 5.35. The predicted octanol–water partition coefficient (Wildman–Crippen LogP) is 3.27. The van der Waals surface area contributed by atoms with E-state index in [0.717, 1.165) is 25.9 Å². The number of nitrogens with one attached hydrogen (secondary N) is 2. The minimum Gasteiger partial charge on any atom is -0.493 e.